The van der Waals surface area contributed by atoms with E-state index in [1.807, 2.05) is 41.3 Å². The Kier molecular flexibility index (Phi) is 7.54. The molecule has 0 spiro atoms. The van der Waals surface area contributed by atoms with E-state index in [0.717, 1.165) is 34.0 Å². The number of aromatic nitrogens is 3. The largest absolute Gasteiger partial charge is 0.485 e. The number of amides is 2. The lowest BCUT2D eigenvalue weighted by atomic mass is 9.77. The highest BCUT2D eigenvalue weighted by Gasteiger charge is 2.44. The lowest BCUT2D eigenvalue weighted by Gasteiger charge is -2.43. The average molecular weight is 623 g/mol. The number of hydrogen-bond donors (Lipinski definition) is 1. The number of carboxylic acids is 1. The van der Waals surface area contributed by atoms with Gasteiger partial charge in [0.25, 0.3) is 5.91 Å². The molecule has 2 aromatic carbocycles. The van der Waals surface area contributed by atoms with Crippen molar-refractivity contribution < 1.29 is 24.2 Å². The number of aliphatic carboxylic acids is 1. The lowest BCUT2D eigenvalue weighted by molar-refractivity contribution is -0.153. The molecule has 214 valence electrons. The van der Waals surface area contributed by atoms with Gasteiger partial charge in [-0.15, -0.1) is 0 Å². The third-order valence-corrected chi connectivity index (χ3v) is 9.29. The van der Waals surface area contributed by atoms with Crippen molar-refractivity contribution in [2.24, 2.45) is 18.9 Å². The number of carbonyl (C=O) groups excluding carboxylic acids is 2. The molecule has 0 bridgehead atoms. The third kappa shape index (κ3) is 5.23. The van der Waals surface area contributed by atoms with Gasteiger partial charge in [-0.1, -0.05) is 47.0 Å². The van der Waals surface area contributed by atoms with Gasteiger partial charge >= 0.3 is 5.97 Å². The topological polar surface area (TPSA) is 118 Å². The minimum Gasteiger partial charge on any atom is -0.485 e. The molecule has 1 aromatic heterocycles. The number of rotatable bonds is 7. The molecule has 3 atom stereocenters. The van der Waals surface area contributed by atoms with Crippen molar-refractivity contribution in [1.29, 1.82) is 0 Å². The number of carbonyl (C=O) groups is 3. The van der Waals surface area contributed by atoms with Crippen molar-refractivity contribution in [3.05, 3.63) is 75.3 Å². The quantitative estimate of drug-likeness (QED) is 0.421. The van der Waals surface area contributed by atoms with E-state index in [1.54, 1.807) is 23.0 Å². The highest BCUT2D eigenvalue weighted by molar-refractivity contribution is 9.10. The Morgan fingerprint density at radius 1 is 1.12 bits per heavy atom. The summed E-state index contributed by atoms with van der Waals surface area (Å²) in [5, 5.41) is 14.3. The second kappa shape index (κ2) is 11.3. The number of aryl methyl sites for hydroxylation is 1. The summed E-state index contributed by atoms with van der Waals surface area (Å²) in [6.45, 7) is 1.29. The van der Waals surface area contributed by atoms with Crippen LogP contribution in [0.15, 0.2) is 47.2 Å². The fourth-order valence-corrected chi connectivity index (χ4v) is 7.10. The van der Waals surface area contributed by atoms with Gasteiger partial charge in [0, 0.05) is 42.3 Å². The molecule has 3 aromatic rings. The van der Waals surface area contributed by atoms with Crippen molar-refractivity contribution in [2.45, 2.75) is 51.3 Å². The molecule has 2 amide bonds. The first-order valence-electron chi connectivity index (χ1n) is 14.0. The number of carboxylic acid groups (broad SMARTS) is 1. The van der Waals surface area contributed by atoms with Crippen LogP contribution < -0.4 is 4.74 Å². The van der Waals surface area contributed by atoms with Gasteiger partial charge in [0.05, 0.1) is 17.9 Å². The first kappa shape index (κ1) is 27.4. The van der Waals surface area contributed by atoms with Crippen molar-refractivity contribution in [2.75, 3.05) is 13.1 Å². The summed E-state index contributed by atoms with van der Waals surface area (Å²) in [5.74, 6) is -1.32. The molecule has 11 heteroatoms. The molecule has 1 fully saturated rings. The molecule has 1 N–H and O–H groups in total. The van der Waals surface area contributed by atoms with E-state index >= 15 is 0 Å². The highest BCUT2D eigenvalue weighted by Crippen LogP contribution is 2.43. The molecule has 0 radical (unpaired) electrons. The predicted octanol–water partition coefficient (Wildman–Crippen LogP) is 4.13. The van der Waals surface area contributed by atoms with Crippen LogP contribution in [-0.4, -0.2) is 60.5 Å². The Morgan fingerprint density at radius 3 is 2.63 bits per heavy atom. The normalized spacial score (nSPS) is 21.9. The molecule has 1 saturated carbocycles. The third-order valence-electron chi connectivity index (χ3n) is 8.55. The summed E-state index contributed by atoms with van der Waals surface area (Å²) < 4.78 is 8.80. The molecule has 10 nitrogen and oxygen atoms in total. The smallest absolute Gasteiger partial charge is 0.307 e. The van der Waals surface area contributed by atoms with Crippen molar-refractivity contribution in [3.8, 4) is 5.75 Å². The Bertz CT molecular complexity index is 1510. The zero-order valence-electron chi connectivity index (χ0n) is 22.8. The predicted molar refractivity (Wildman–Crippen MR) is 152 cm³/mol. The molecular formula is C30H32BrN5O5. The molecule has 2 aliphatic heterocycles. The van der Waals surface area contributed by atoms with E-state index in [1.165, 1.54) is 0 Å². The monoisotopic (exact) mass is 621 g/mol. The van der Waals surface area contributed by atoms with Gasteiger partial charge in [-0.2, -0.15) is 5.10 Å². The summed E-state index contributed by atoms with van der Waals surface area (Å²) in [7, 11) is 1.79. The summed E-state index contributed by atoms with van der Waals surface area (Å²) in [6.07, 6.45) is 4.87. The number of halogens is 1. The molecule has 3 unspecified atom stereocenters. The van der Waals surface area contributed by atoms with Crippen LogP contribution in [-0.2, 0) is 36.2 Å². The van der Waals surface area contributed by atoms with E-state index in [-0.39, 0.29) is 25.0 Å². The molecule has 6 rings (SSSR count). The van der Waals surface area contributed by atoms with Crippen LogP contribution in [0.2, 0.25) is 0 Å². The first-order valence-corrected chi connectivity index (χ1v) is 14.8. The molecule has 1 aliphatic carbocycles. The van der Waals surface area contributed by atoms with Crippen molar-refractivity contribution in [1.82, 2.24) is 24.6 Å². The second-order valence-electron chi connectivity index (χ2n) is 11.0. The average Bonchev–Trinajstić information content (AvgIpc) is 3.54. The maximum Gasteiger partial charge on any atom is 0.307 e. The Hall–Kier alpha value is -3.73. The van der Waals surface area contributed by atoms with E-state index in [0.29, 0.717) is 49.5 Å². The van der Waals surface area contributed by atoms with Crippen molar-refractivity contribution >= 4 is 33.7 Å². The standard InChI is InChI=1S/C30H32BrN5O5/c1-34-17-32-26(33-34)16-41-25-11-10-23(31)22-12-13-36(29(38)20-8-4-5-9-21(20)30(39)40)24(27(22)25)15-35-14-18-6-2-3-7-19(18)28(35)37/h2-3,6-7,10-11,17,20-21,24H,4-5,8-9,12-16H2,1H3,(H,39,40). The molecule has 0 saturated heterocycles. The minimum atomic E-state index is -0.920. The Morgan fingerprint density at radius 2 is 1.90 bits per heavy atom. The number of hydrogen-bond acceptors (Lipinski definition) is 6. The van der Waals surface area contributed by atoms with E-state index < -0.39 is 23.8 Å². The summed E-state index contributed by atoms with van der Waals surface area (Å²) in [6, 6.07) is 10.9. The number of fused-ring (bicyclic) bond motifs is 2. The first-order chi connectivity index (χ1) is 19.8. The van der Waals surface area contributed by atoms with E-state index in [4.69, 9.17) is 4.74 Å². The number of benzene rings is 2. The van der Waals surface area contributed by atoms with Crippen LogP contribution in [0.4, 0.5) is 0 Å². The Balaban J connectivity index is 1.38. The summed E-state index contributed by atoms with van der Waals surface area (Å²) >= 11 is 3.71. The maximum atomic E-state index is 14.2. The van der Waals surface area contributed by atoms with Crippen LogP contribution in [0.1, 0.15) is 64.6 Å². The molecule has 3 aliphatic rings. The van der Waals surface area contributed by atoms with E-state index in [9.17, 15) is 19.5 Å². The van der Waals surface area contributed by atoms with Crippen LogP contribution in [0.5, 0.6) is 5.75 Å². The number of ether oxygens (including phenoxy) is 1. The zero-order chi connectivity index (χ0) is 28.7. The van der Waals surface area contributed by atoms with Crippen LogP contribution >= 0.6 is 15.9 Å². The highest BCUT2D eigenvalue weighted by atomic mass is 79.9. The van der Waals surface area contributed by atoms with Gasteiger partial charge in [0.15, 0.2) is 5.82 Å². The van der Waals surface area contributed by atoms with Gasteiger partial charge in [-0.3, -0.25) is 19.1 Å². The van der Waals surface area contributed by atoms with E-state index in [2.05, 4.69) is 26.0 Å². The summed E-state index contributed by atoms with van der Waals surface area (Å²) in [5.41, 5.74) is 3.48. The second-order valence-corrected chi connectivity index (χ2v) is 11.9. The van der Waals surface area contributed by atoms with Gasteiger partial charge in [0.1, 0.15) is 18.7 Å². The zero-order valence-corrected chi connectivity index (χ0v) is 24.4. The SMILES string of the molecule is Cn1cnc(COc2ccc(Br)c3c2C(CN2Cc4ccccc4C2=O)N(C(=O)C2CCCCC2C(=O)O)CC3)n1. The van der Waals surface area contributed by atoms with Gasteiger partial charge in [-0.05, 0) is 48.6 Å². The number of nitrogens with zero attached hydrogens (tertiary/aromatic N) is 5. The van der Waals surface area contributed by atoms with Gasteiger partial charge in [-0.25, -0.2) is 4.98 Å². The minimum absolute atomic E-state index is 0.0728. The van der Waals surface area contributed by atoms with Crippen molar-refractivity contribution in [3.63, 3.8) is 0 Å². The molecular weight excluding hydrogens is 590 g/mol. The van der Waals surface area contributed by atoms with Crippen LogP contribution in [0, 0.1) is 11.8 Å². The lowest BCUT2D eigenvalue weighted by Crippen LogP contribution is -2.50. The van der Waals surface area contributed by atoms with Gasteiger partial charge in [0.2, 0.25) is 5.91 Å². The summed E-state index contributed by atoms with van der Waals surface area (Å²) in [4.78, 5) is 47.7. The maximum absolute atomic E-state index is 14.2. The van der Waals surface area contributed by atoms with Crippen LogP contribution in [0.25, 0.3) is 0 Å². The molecule has 3 heterocycles. The van der Waals surface area contributed by atoms with Gasteiger partial charge < -0.3 is 19.6 Å². The fraction of sp³-hybridized carbons (Fsp3) is 0.433. The fourth-order valence-electron chi connectivity index (χ4n) is 6.56. The molecule has 41 heavy (non-hydrogen) atoms. The van der Waals surface area contributed by atoms with Crippen LogP contribution in [0.3, 0.4) is 0 Å². The Labute approximate surface area is 246 Å².